The van der Waals surface area contributed by atoms with Gasteiger partial charge in [0.2, 0.25) is 5.91 Å². The van der Waals surface area contributed by atoms with Gasteiger partial charge in [-0.25, -0.2) is 4.98 Å². The molecule has 7 heteroatoms. The van der Waals surface area contributed by atoms with Crippen LogP contribution >= 0.6 is 22.9 Å². The van der Waals surface area contributed by atoms with Gasteiger partial charge in [0.1, 0.15) is 17.4 Å². The molecule has 0 spiro atoms. The van der Waals surface area contributed by atoms with Crippen LogP contribution in [0.5, 0.6) is 5.75 Å². The molecule has 152 valence electrons. The Balaban J connectivity index is 1.31. The molecule has 2 aromatic rings. The number of rotatable bonds is 9. The zero-order valence-corrected chi connectivity index (χ0v) is 17.9. The number of nitrogens with one attached hydrogen (secondary N) is 1. The fourth-order valence-electron chi connectivity index (χ4n) is 3.22. The van der Waals surface area contributed by atoms with Crippen LogP contribution in [0.25, 0.3) is 0 Å². The summed E-state index contributed by atoms with van der Waals surface area (Å²) in [7, 11) is 0. The van der Waals surface area contributed by atoms with Crippen LogP contribution in [0.15, 0.2) is 29.6 Å². The van der Waals surface area contributed by atoms with Crippen LogP contribution in [0.1, 0.15) is 36.9 Å². The molecule has 1 aliphatic rings. The van der Waals surface area contributed by atoms with E-state index in [9.17, 15) is 4.79 Å². The Hall–Kier alpha value is -1.63. The average Bonchev–Trinajstić information content (AvgIpc) is 3.13. The molecule has 0 atom stereocenters. The number of carbonyl (C=O) groups is 1. The summed E-state index contributed by atoms with van der Waals surface area (Å²) in [5.74, 6) is 1.64. The van der Waals surface area contributed by atoms with Crippen LogP contribution < -0.4 is 10.1 Å². The monoisotopic (exact) mass is 421 g/mol. The summed E-state index contributed by atoms with van der Waals surface area (Å²) in [6.45, 7) is 6.88. The number of aromatic nitrogens is 1. The lowest BCUT2D eigenvalue weighted by Crippen LogP contribution is -2.35. The largest absolute Gasteiger partial charge is 0.486 e. The number of hydrogen-bond acceptors (Lipinski definition) is 5. The predicted octanol–water partition coefficient (Wildman–Crippen LogP) is 4.16. The minimum Gasteiger partial charge on any atom is -0.486 e. The fourth-order valence-corrected chi connectivity index (χ4v) is 4.05. The first-order valence-corrected chi connectivity index (χ1v) is 11.1. The van der Waals surface area contributed by atoms with Crippen molar-refractivity contribution in [2.45, 2.75) is 39.2 Å². The van der Waals surface area contributed by atoms with Gasteiger partial charge in [-0.2, -0.15) is 0 Å². The first-order valence-electron chi connectivity index (χ1n) is 9.89. The number of thiazole rings is 1. The summed E-state index contributed by atoms with van der Waals surface area (Å²) in [6.07, 6.45) is 3.90. The lowest BCUT2D eigenvalue weighted by Gasteiger charge is -2.30. The average molecular weight is 422 g/mol. The van der Waals surface area contributed by atoms with E-state index in [-0.39, 0.29) is 5.91 Å². The Morgan fingerprint density at radius 3 is 2.82 bits per heavy atom. The van der Waals surface area contributed by atoms with Crippen molar-refractivity contribution in [2.24, 2.45) is 5.92 Å². The standard InChI is InChI=1S/C21H28ClN3O2S/c1-16-7-11-25(12-8-16)10-2-9-23-20(26)13-18-15-28-21(24-18)14-27-19-5-3-17(22)4-6-19/h3-6,15-16H,2,7-14H2,1H3,(H,23,26). The van der Waals surface area contributed by atoms with Crippen molar-refractivity contribution in [2.75, 3.05) is 26.2 Å². The minimum atomic E-state index is 0.0303. The van der Waals surface area contributed by atoms with Gasteiger partial charge in [0, 0.05) is 16.9 Å². The molecule has 1 fully saturated rings. The summed E-state index contributed by atoms with van der Waals surface area (Å²) < 4.78 is 5.69. The van der Waals surface area contributed by atoms with Crippen molar-refractivity contribution in [1.29, 1.82) is 0 Å². The summed E-state index contributed by atoms with van der Waals surface area (Å²) in [5, 5.41) is 6.47. The molecule has 1 aliphatic heterocycles. The normalized spacial score (nSPS) is 15.5. The molecule has 1 saturated heterocycles. The van der Waals surface area contributed by atoms with E-state index >= 15 is 0 Å². The number of piperidine rings is 1. The Morgan fingerprint density at radius 2 is 2.07 bits per heavy atom. The van der Waals surface area contributed by atoms with Crippen LogP contribution in [-0.2, 0) is 17.8 Å². The molecule has 28 heavy (non-hydrogen) atoms. The molecule has 0 bridgehead atoms. The van der Waals surface area contributed by atoms with E-state index < -0.39 is 0 Å². The predicted molar refractivity (Wildman–Crippen MR) is 114 cm³/mol. The summed E-state index contributed by atoms with van der Waals surface area (Å²) in [4.78, 5) is 19.1. The summed E-state index contributed by atoms with van der Waals surface area (Å²) in [5.41, 5.74) is 0.794. The van der Waals surface area contributed by atoms with Gasteiger partial charge >= 0.3 is 0 Å². The number of ether oxygens (including phenoxy) is 1. The molecule has 1 aromatic carbocycles. The van der Waals surface area contributed by atoms with Gasteiger partial charge in [-0.05, 0) is 69.1 Å². The number of halogens is 1. The highest BCUT2D eigenvalue weighted by Crippen LogP contribution is 2.18. The molecule has 2 heterocycles. The van der Waals surface area contributed by atoms with E-state index in [4.69, 9.17) is 16.3 Å². The Bertz CT molecular complexity index is 742. The lowest BCUT2D eigenvalue weighted by atomic mass is 9.99. The maximum atomic E-state index is 12.1. The SMILES string of the molecule is CC1CCN(CCCNC(=O)Cc2csc(COc3ccc(Cl)cc3)n2)CC1. The van der Waals surface area contributed by atoms with Crippen LogP contribution in [0.2, 0.25) is 5.02 Å². The van der Waals surface area contributed by atoms with Crippen molar-refractivity contribution in [3.05, 3.63) is 45.4 Å². The van der Waals surface area contributed by atoms with Crippen molar-refractivity contribution < 1.29 is 9.53 Å². The maximum absolute atomic E-state index is 12.1. The van der Waals surface area contributed by atoms with Crippen molar-refractivity contribution in [3.63, 3.8) is 0 Å². The smallest absolute Gasteiger partial charge is 0.226 e. The second-order valence-electron chi connectivity index (χ2n) is 7.38. The minimum absolute atomic E-state index is 0.0303. The van der Waals surface area contributed by atoms with E-state index in [0.717, 1.165) is 41.9 Å². The van der Waals surface area contributed by atoms with Crippen LogP contribution in [0.3, 0.4) is 0 Å². The first kappa shape index (κ1) is 21.1. The van der Waals surface area contributed by atoms with E-state index in [0.29, 0.717) is 18.1 Å². The van der Waals surface area contributed by atoms with Crippen LogP contribution in [0, 0.1) is 5.92 Å². The number of carbonyl (C=O) groups excluding carboxylic acids is 1. The molecule has 0 unspecified atom stereocenters. The molecule has 0 radical (unpaired) electrons. The number of amides is 1. The van der Waals surface area contributed by atoms with E-state index in [2.05, 4.69) is 22.1 Å². The van der Waals surface area contributed by atoms with E-state index in [1.54, 1.807) is 12.1 Å². The van der Waals surface area contributed by atoms with Crippen LogP contribution in [-0.4, -0.2) is 42.0 Å². The van der Waals surface area contributed by atoms with Gasteiger partial charge in [0.25, 0.3) is 0 Å². The van der Waals surface area contributed by atoms with Gasteiger partial charge in [-0.1, -0.05) is 18.5 Å². The zero-order chi connectivity index (χ0) is 19.8. The van der Waals surface area contributed by atoms with E-state index in [1.165, 1.54) is 37.3 Å². The third-order valence-corrected chi connectivity index (χ3v) is 6.09. The Kier molecular flexibility index (Phi) is 8.13. The summed E-state index contributed by atoms with van der Waals surface area (Å²) >= 11 is 7.38. The number of hydrogen-bond donors (Lipinski definition) is 1. The quantitative estimate of drug-likeness (QED) is 0.618. The highest BCUT2D eigenvalue weighted by Gasteiger charge is 2.15. The molecule has 0 saturated carbocycles. The third-order valence-electron chi connectivity index (χ3n) is 4.97. The second-order valence-corrected chi connectivity index (χ2v) is 8.76. The van der Waals surface area contributed by atoms with Crippen molar-refractivity contribution in [1.82, 2.24) is 15.2 Å². The third kappa shape index (κ3) is 7.08. The van der Waals surface area contributed by atoms with Crippen molar-refractivity contribution in [3.8, 4) is 5.75 Å². The number of benzene rings is 1. The summed E-state index contributed by atoms with van der Waals surface area (Å²) in [6, 6.07) is 7.24. The number of nitrogens with zero attached hydrogens (tertiary/aromatic N) is 2. The Morgan fingerprint density at radius 1 is 1.32 bits per heavy atom. The molecule has 0 aliphatic carbocycles. The van der Waals surface area contributed by atoms with Crippen LogP contribution in [0.4, 0.5) is 0 Å². The first-order chi connectivity index (χ1) is 13.6. The van der Waals surface area contributed by atoms with E-state index in [1.807, 2.05) is 17.5 Å². The topological polar surface area (TPSA) is 54.5 Å². The van der Waals surface area contributed by atoms with Gasteiger partial charge in [-0.3, -0.25) is 4.79 Å². The fraction of sp³-hybridized carbons (Fsp3) is 0.524. The lowest BCUT2D eigenvalue weighted by molar-refractivity contribution is -0.120. The zero-order valence-electron chi connectivity index (χ0n) is 16.3. The Labute approximate surface area is 176 Å². The molecule has 1 amide bonds. The van der Waals surface area contributed by atoms with Gasteiger partial charge in [-0.15, -0.1) is 11.3 Å². The molecule has 5 nitrogen and oxygen atoms in total. The molecule has 3 rings (SSSR count). The molecule has 1 N–H and O–H groups in total. The van der Waals surface area contributed by atoms with Gasteiger partial charge in [0.15, 0.2) is 0 Å². The number of likely N-dealkylation sites (tertiary alicyclic amines) is 1. The van der Waals surface area contributed by atoms with Gasteiger partial charge in [0.05, 0.1) is 12.1 Å². The maximum Gasteiger partial charge on any atom is 0.226 e. The second kappa shape index (κ2) is 10.8. The molecule has 1 aromatic heterocycles. The molecular weight excluding hydrogens is 394 g/mol. The molecular formula is C21H28ClN3O2S. The van der Waals surface area contributed by atoms with Crippen molar-refractivity contribution >= 4 is 28.8 Å². The van der Waals surface area contributed by atoms with Gasteiger partial charge < -0.3 is 15.0 Å². The highest BCUT2D eigenvalue weighted by molar-refractivity contribution is 7.09. The highest BCUT2D eigenvalue weighted by atomic mass is 35.5.